The van der Waals surface area contributed by atoms with Crippen molar-refractivity contribution in [3.8, 4) is 0 Å². The van der Waals surface area contributed by atoms with Gasteiger partial charge in [-0.05, 0) is 43.5 Å². The largest absolute Gasteiger partial charge is 0.303 e. The van der Waals surface area contributed by atoms with Crippen LogP contribution in [0.3, 0.4) is 0 Å². The van der Waals surface area contributed by atoms with Crippen LogP contribution in [0.5, 0.6) is 0 Å². The van der Waals surface area contributed by atoms with Gasteiger partial charge in [-0.15, -0.1) is 0 Å². The normalized spacial score (nSPS) is 12.4. The molecule has 14 heavy (non-hydrogen) atoms. The fourth-order valence-electron chi connectivity index (χ4n) is 1.89. The van der Waals surface area contributed by atoms with Crippen molar-refractivity contribution >= 4 is 12.6 Å². The summed E-state index contributed by atoms with van der Waals surface area (Å²) in [6.07, 6.45) is 3.74. The van der Waals surface area contributed by atoms with E-state index in [1.165, 1.54) is 38.9 Å². The van der Waals surface area contributed by atoms with E-state index >= 15 is 0 Å². The first-order valence-electron chi connectivity index (χ1n) is 6.01. The van der Waals surface area contributed by atoms with Gasteiger partial charge in [0.25, 0.3) is 0 Å². The van der Waals surface area contributed by atoms with Gasteiger partial charge in [0.1, 0.15) is 0 Å². The Kier molecular flexibility index (Phi) is 7.75. The van der Waals surface area contributed by atoms with Crippen LogP contribution in [0, 0.1) is 5.41 Å². The summed E-state index contributed by atoms with van der Waals surface area (Å²) in [6, 6.07) is 0. The molecule has 0 N–H and O–H groups in total. The lowest BCUT2D eigenvalue weighted by Crippen LogP contribution is -2.38. The summed E-state index contributed by atoms with van der Waals surface area (Å²) in [5, 5.41) is 0. The van der Waals surface area contributed by atoms with E-state index in [1.54, 1.807) is 0 Å². The molecule has 0 aromatic rings. The van der Waals surface area contributed by atoms with Crippen molar-refractivity contribution in [2.45, 2.75) is 47.0 Å². The van der Waals surface area contributed by atoms with Gasteiger partial charge < -0.3 is 4.90 Å². The van der Waals surface area contributed by atoms with Gasteiger partial charge in [-0.2, -0.15) is 12.6 Å². The third kappa shape index (κ3) is 4.22. The molecule has 0 spiro atoms. The Labute approximate surface area is 95.7 Å². The van der Waals surface area contributed by atoms with E-state index in [0.29, 0.717) is 5.41 Å². The molecule has 2 heteroatoms. The highest BCUT2D eigenvalue weighted by molar-refractivity contribution is 7.80. The first-order chi connectivity index (χ1) is 6.67. The summed E-state index contributed by atoms with van der Waals surface area (Å²) in [5.74, 6) is 1.01. The van der Waals surface area contributed by atoms with Crippen LogP contribution in [0.15, 0.2) is 0 Å². The van der Waals surface area contributed by atoms with E-state index < -0.39 is 0 Å². The monoisotopic (exact) mass is 217 g/mol. The fraction of sp³-hybridized carbons (Fsp3) is 1.00. The third-order valence-corrected chi connectivity index (χ3v) is 4.05. The van der Waals surface area contributed by atoms with E-state index in [2.05, 4.69) is 45.2 Å². The molecule has 0 bridgehead atoms. The molecule has 0 radical (unpaired) electrons. The molecule has 0 aliphatic heterocycles. The Morgan fingerprint density at radius 3 is 1.93 bits per heavy atom. The van der Waals surface area contributed by atoms with Gasteiger partial charge >= 0.3 is 0 Å². The third-order valence-electron chi connectivity index (χ3n) is 3.38. The minimum absolute atomic E-state index is 0.439. The summed E-state index contributed by atoms with van der Waals surface area (Å²) >= 11 is 4.52. The highest BCUT2D eigenvalue weighted by atomic mass is 32.1. The number of thiol groups is 1. The van der Waals surface area contributed by atoms with Crippen molar-refractivity contribution in [2.24, 2.45) is 5.41 Å². The molecule has 0 heterocycles. The molecule has 0 aliphatic carbocycles. The molecule has 0 unspecified atom stereocenters. The minimum atomic E-state index is 0.439. The average Bonchev–Trinajstić information content (AvgIpc) is 2.25. The van der Waals surface area contributed by atoms with Crippen LogP contribution in [0.2, 0.25) is 0 Å². The maximum Gasteiger partial charge on any atom is 0.00455 e. The van der Waals surface area contributed by atoms with Crippen molar-refractivity contribution in [2.75, 3.05) is 25.4 Å². The molecule has 86 valence electrons. The Balaban J connectivity index is 4.24. The smallest absolute Gasteiger partial charge is 0.00455 e. The molecule has 0 aliphatic rings. The van der Waals surface area contributed by atoms with Gasteiger partial charge in [0.15, 0.2) is 0 Å². The lowest BCUT2D eigenvalue weighted by molar-refractivity contribution is 0.164. The zero-order valence-corrected chi connectivity index (χ0v) is 11.2. The van der Waals surface area contributed by atoms with E-state index in [9.17, 15) is 0 Å². The highest BCUT2D eigenvalue weighted by Crippen LogP contribution is 2.28. The van der Waals surface area contributed by atoms with E-state index in [1.807, 2.05) is 0 Å². The van der Waals surface area contributed by atoms with Crippen LogP contribution in [-0.2, 0) is 0 Å². The lowest BCUT2D eigenvalue weighted by atomic mass is 9.84. The van der Waals surface area contributed by atoms with E-state index in [-0.39, 0.29) is 0 Å². The maximum absolute atomic E-state index is 4.52. The first-order valence-corrected chi connectivity index (χ1v) is 6.64. The average molecular weight is 217 g/mol. The Hall–Kier alpha value is 0.310. The Bertz CT molecular complexity index is 124. The SMILES string of the molecule is CCCN(CC)CC(CC)(CC)CS. The molecule has 0 saturated heterocycles. The van der Waals surface area contributed by atoms with Crippen LogP contribution in [0.25, 0.3) is 0 Å². The number of hydrogen-bond acceptors (Lipinski definition) is 2. The molecule has 0 aromatic carbocycles. The van der Waals surface area contributed by atoms with Crippen LogP contribution in [0.4, 0.5) is 0 Å². The van der Waals surface area contributed by atoms with Crippen molar-refractivity contribution < 1.29 is 0 Å². The zero-order chi connectivity index (χ0) is 11.0. The number of rotatable bonds is 8. The summed E-state index contributed by atoms with van der Waals surface area (Å²) in [7, 11) is 0. The van der Waals surface area contributed by atoms with Crippen molar-refractivity contribution in [1.29, 1.82) is 0 Å². The lowest BCUT2D eigenvalue weighted by Gasteiger charge is -2.35. The van der Waals surface area contributed by atoms with Crippen LogP contribution < -0.4 is 0 Å². The van der Waals surface area contributed by atoms with Crippen LogP contribution in [-0.4, -0.2) is 30.3 Å². The number of hydrogen-bond donors (Lipinski definition) is 1. The summed E-state index contributed by atoms with van der Waals surface area (Å²) in [6.45, 7) is 12.7. The van der Waals surface area contributed by atoms with Gasteiger partial charge in [0.2, 0.25) is 0 Å². The van der Waals surface area contributed by atoms with Crippen LogP contribution in [0.1, 0.15) is 47.0 Å². The summed E-state index contributed by atoms with van der Waals surface area (Å²) in [4.78, 5) is 2.56. The molecule has 0 aromatic heterocycles. The van der Waals surface area contributed by atoms with Crippen molar-refractivity contribution in [3.05, 3.63) is 0 Å². The standard InChI is InChI=1S/C12H27NS/c1-5-9-13(8-4)10-12(6-2,7-3)11-14/h14H,5-11H2,1-4H3. The summed E-state index contributed by atoms with van der Waals surface area (Å²) in [5.41, 5.74) is 0.439. The Morgan fingerprint density at radius 2 is 1.64 bits per heavy atom. The first kappa shape index (κ1) is 14.3. The maximum atomic E-state index is 4.52. The van der Waals surface area contributed by atoms with Crippen molar-refractivity contribution in [3.63, 3.8) is 0 Å². The second-order valence-electron chi connectivity index (χ2n) is 4.23. The van der Waals surface area contributed by atoms with Gasteiger partial charge in [0, 0.05) is 6.54 Å². The molecular weight excluding hydrogens is 190 g/mol. The molecule has 0 rings (SSSR count). The predicted molar refractivity (Wildman–Crippen MR) is 69.3 cm³/mol. The van der Waals surface area contributed by atoms with Crippen LogP contribution >= 0.6 is 12.6 Å². The predicted octanol–water partition coefficient (Wildman–Crippen LogP) is 3.45. The molecule has 0 saturated carbocycles. The van der Waals surface area contributed by atoms with E-state index in [0.717, 1.165) is 5.75 Å². The quantitative estimate of drug-likeness (QED) is 0.609. The topological polar surface area (TPSA) is 3.24 Å². The minimum Gasteiger partial charge on any atom is -0.303 e. The molecule has 0 fully saturated rings. The molecular formula is C12H27NS. The highest BCUT2D eigenvalue weighted by Gasteiger charge is 2.26. The van der Waals surface area contributed by atoms with Gasteiger partial charge in [-0.3, -0.25) is 0 Å². The van der Waals surface area contributed by atoms with E-state index in [4.69, 9.17) is 0 Å². The van der Waals surface area contributed by atoms with Gasteiger partial charge in [0.05, 0.1) is 0 Å². The summed E-state index contributed by atoms with van der Waals surface area (Å²) < 4.78 is 0. The Morgan fingerprint density at radius 1 is 1.07 bits per heavy atom. The molecule has 0 atom stereocenters. The molecule has 0 amide bonds. The van der Waals surface area contributed by atoms with Gasteiger partial charge in [-0.25, -0.2) is 0 Å². The van der Waals surface area contributed by atoms with Gasteiger partial charge in [-0.1, -0.05) is 27.7 Å². The molecule has 1 nitrogen and oxygen atoms in total. The fourth-order valence-corrected chi connectivity index (χ4v) is 2.43. The van der Waals surface area contributed by atoms with Crippen molar-refractivity contribution in [1.82, 2.24) is 4.90 Å². The zero-order valence-electron chi connectivity index (χ0n) is 10.3. The second-order valence-corrected chi connectivity index (χ2v) is 4.55. The second kappa shape index (κ2) is 7.58. The number of nitrogens with zero attached hydrogens (tertiary/aromatic N) is 1.